The molecule has 0 amide bonds. The summed E-state index contributed by atoms with van der Waals surface area (Å²) in [4.78, 5) is 23.7. The molecule has 1 saturated heterocycles. The van der Waals surface area contributed by atoms with Gasteiger partial charge in [0.1, 0.15) is 10.6 Å². The predicted octanol–water partition coefficient (Wildman–Crippen LogP) is 2.66. The van der Waals surface area contributed by atoms with E-state index in [-0.39, 0.29) is 27.6 Å². The zero-order chi connectivity index (χ0) is 21.9. The second-order valence-corrected chi connectivity index (χ2v) is 9.21. The molecule has 1 fully saturated rings. The van der Waals surface area contributed by atoms with Crippen LogP contribution in [0.2, 0.25) is 0 Å². The molecule has 1 aliphatic heterocycles. The summed E-state index contributed by atoms with van der Waals surface area (Å²) >= 11 is 1.79. The van der Waals surface area contributed by atoms with Gasteiger partial charge >= 0.3 is 5.97 Å². The number of carboxylic acid groups (broad SMARTS) is 1. The summed E-state index contributed by atoms with van der Waals surface area (Å²) in [6.07, 6.45) is 0. The number of carbonyl (C=O) groups is 1. The van der Waals surface area contributed by atoms with Crippen molar-refractivity contribution in [2.75, 3.05) is 41.3 Å². The van der Waals surface area contributed by atoms with Crippen molar-refractivity contribution in [1.29, 1.82) is 0 Å². The average molecular weight is 453 g/mol. The molecule has 0 spiro atoms. The molecule has 0 aliphatic carbocycles. The van der Waals surface area contributed by atoms with E-state index in [1.807, 2.05) is 4.90 Å². The van der Waals surface area contributed by atoms with Crippen molar-refractivity contribution in [3.05, 3.63) is 52.1 Å². The first-order valence-electron chi connectivity index (χ1n) is 8.78. The fourth-order valence-electron chi connectivity index (χ4n) is 3.05. The zero-order valence-corrected chi connectivity index (χ0v) is 17.5. The summed E-state index contributed by atoms with van der Waals surface area (Å²) in [7, 11) is -2.99. The van der Waals surface area contributed by atoms with E-state index in [2.05, 4.69) is 4.72 Å². The molecule has 1 aliphatic rings. The Kier molecular flexibility index (Phi) is 6.37. The van der Waals surface area contributed by atoms with Crippen molar-refractivity contribution in [2.45, 2.75) is 4.90 Å². The van der Waals surface area contributed by atoms with Crippen LogP contribution >= 0.6 is 11.8 Å². The SMILES string of the molecule is COc1cc([N+](=O)[O-])ccc1S(=O)(=O)Nc1ccc(N2CCSCC2)c(C(=O)O)c1. The average Bonchev–Trinajstić information content (AvgIpc) is 2.73. The number of nitro groups is 1. The molecule has 0 unspecified atom stereocenters. The first-order chi connectivity index (χ1) is 14.2. The molecular weight excluding hydrogens is 434 g/mol. The molecule has 10 nitrogen and oxygen atoms in total. The van der Waals surface area contributed by atoms with Crippen LogP contribution in [-0.2, 0) is 10.0 Å². The number of rotatable bonds is 7. The smallest absolute Gasteiger partial charge is 0.337 e. The minimum Gasteiger partial charge on any atom is -0.495 e. The standard InChI is InChI=1S/C18H19N3O7S2/c1-28-16-11-13(21(24)25)3-5-17(16)30(26,27)19-12-2-4-15(14(10-12)18(22)23)20-6-8-29-9-7-20/h2-5,10-11,19H,6-9H2,1H3,(H,22,23). The third kappa shape index (κ3) is 4.60. The van der Waals surface area contributed by atoms with E-state index in [0.717, 1.165) is 29.7 Å². The summed E-state index contributed by atoms with van der Waals surface area (Å²) in [5.41, 5.74) is 0.252. The third-order valence-electron chi connectivity index (χ3n) is 4.48. The Morgan fingerprint density at radius 1 is 1.23 bits per heavy atom. The molecule has 0 radical (unpaired) electrons. The highest BCUT2D eigenvalue weighted by molar-refractivity contribution is 7.99. The molecule has 3 rings (SSSR count). The van der Waals surface area contributed by atoms with E-state index in [4.69, 9.17) is 4.74 Å². The van der Waals surface area contributed by atoms with Crippen LogP contribution in [0.25, 0.3) is 0 Å². The van der Waals surface area contributed by atoms with Crippen LogP contribution in [0.3, 0.4) is 0 Å². The Morgan fingerprint density at radius 2 is 1.93 bits per heavy atom. The minimum absolute atomic E-state index is 0.0160. The van der Waals surface area contributed by atoms with Crippen molar-refractivity contribution in [3.8, 4) is 5.75 Å². The largest absolute Gasteiger partial charge is 0.495 e. The van der Waals surface area contributed by atoms with Crippen LogP contribution in [0.1, 0.15) is 10.4 Å². The Balaban J connectivity index is 1.94. The number of nitro benzene ring substituents is 1. The number of nitrogens with zero attached hydrogens (tertiary/aromatic N) is 2. The fourth-order valence-corrected chi connectivity index (χ4v) is 5.16. The minimum atomic E-state index is -4.19. The number of hydrogen-bond acceptors (Lipinski definition) is 8. The normalized spacial score (nSPS) is 14.2. The number of aromatic carboxylic acids is 1. The van der Waals surface area contributed by atoms with Crippen molar-refractivity contribution in [3.63, 3.8) is 0 Å². The molecule has 2 aromatic rings. The summed E-state index contributed by atoms with van der Waals surface area (Å²) in [6, 6.07) is 7.45. The maximum Gasteiger partial charge on any atom is 0.337 e. The molecule has 160 valence electrons. The Bertz CT molecular complexity index is 1080. The van der Waals surface area contributed by atoms with Crippen molar-refractivity contribution in [1.82, 2.24) is 0 Å². The first-order valence-corrected chi connectivity index (χ1v) is 11.4. The molecule has 0 aromatic heterocycles. The first kappa shape index (κ1) is 21.7. The van der Waals surface area contributed by atoms with Gasteiger partial charge in [-0.25, -0.2) is 13.2 Å². The summed E-state index contributed by atoms with van der Waals surface area (Å²) in [5, 5.41) is 20.5. The highest BCUT2D eigenvalue weighted by atomic mass is 32.2. The number of benzene rings is 2. The van der Waals surface area contributed by atoms with Crippen LogP contribution in [0.4, 0.5) is 17.1 Å². The van der Waals surface area contributed by atoms with Crippen LogP contribution in [0, 0.1) is 10.1 Å². The maximum absolute atomic E-state index is 12.8. The van der Waals surface area contributed by atoms with Gasteiger partial charge in [0, 0.05) is 36.3 Å². The van der Waals surface area contributed by atoms with Gasteiger partial charge < -0.3 is 14.7 Å². The molecule has 1 heterocycles. The third-order valence-corrected chi connectivity index (χ3v) is 6.84. The topological polar surface area (TPSA) is 139 Å². The molecule has 0 atom stereocenters. The number of nitrogens with one attached hydrogen (secondary N) is 1. The number of ether oxygens (including phenoxy) is 1. The quantitative estimate of drug-likeness (QED) is 0.478. The lowest BCUT2D eigenvalue weighted by Gasteiger charge is -2.29. The zero-order valence-electron chi connectivity index (χ0n) is 15.9. The number of thioether (sulfide) groups is 1. The number of anilines is 2. The molecule has 12 heteroatoms. The van der Waals surface area contributed by atoms with Crippen LogP contribution in [0.5, 0.6) is 5.75 Å². The predicted molar refractivity (Wildman–Crippen MR) is 113 cm³/mol. The van der Waals surface area contributed by atoms with E-state index in [1.165, 1.54) is 19.2 Å². The highest BCUT2D eigenvalue weighted by Crippen LogP contribution is 2.31. The monoisotopic (exact) mass is 453 g/mol. The number of hydrogen-bond donors (Lipinski definition) is 2. The van der Waals surface area contributed by atoms with Crippen LogP contribution < -0.4 is 14.4 Å². The summed E-state index contributed by atoms with van der Waals surface area (Å²) < 4.78 is 32.9. The van der Waals surface area contributed by atoms with Gasteiger partial charge in [0.2, 0.25) is 0 Å². The van der Waals surface area contributed by atoms with E-state index in [1.54, 1.807) is 17.8 Å². The van der Waals surface area contributed by atoms with E-state index >= 15 is 0 Å². The molecule has 0 bridgehead atoms. The Labute approximate surface area is 177 Å². The van der Waals surface area contributed by atoms with Crippen LogP contribution in [-0.4, -0.2) is 56.1 Å². The molecule has 0 saturated carbocycles. The van der Waals surface area contributed by atoms with E-state index in [9.17, 15) is 28.4 Å². The second kappa shape index (κ2) is 8.79. The second-order valence-electron chi connectivity index (χ2n) is 6.33. The summed E-state index contributed by atoms with van der Waals surface area (Å²) in [5.74, 6) is 0.399. The van der Waals surface area contributed by atoms with Crippen molar-refractivity contribution >= 4 is 44.8 Å². The van der Waals surface area contributed by atoms with Gasteiger partial charge in [-0.15, -0.1) is 0 Å². The molecule has 2 N–H and O–H groups in total. The van der Waals surface area contributed by atoms with E-state index in [0.29, 0.717) is 18.8 Å². The van der Waals surface area contributed by atoms with Gasteiger partial charge in [0.15, 0.2) is 0 Å². The lowest BCUT2D eigenvalue weighted by molar-refractivity contribution is -0.385. The van der Waals surface area contributed by atoms with Gasteiger partial charge in [0.05, 0.1) is 29.4 Å². The number of non-ortho nitro benzene ring substituents is 1. The highest BCUT2D eigenvalue weighted by Gasteiger charge is 2.24. The molecular formula is C18H19N3O7S2. The maximum atomic E-state index is 12.8. The lowest BCUT2D eigenvalue weighted by atomic mass is 10.1. The fraction of sp³-hybridized carbons (Fsp3) is 0.278. The van der Waals surface area contributed by atoms with Gasteiger partial charge in [-0.1, -0.05) is 0 Å². The molecule has 2 aromatic carbocycles. The van der Waals surface area contributed by atoms with Gasteiger partial charge in [-0.3, -0.25) is 14.8 Å². The molecule has 30 heavy (non-hydrogen) atoms. The van der Waals surface area contributed by atoms with Crippen molar-refractivity contribution in [2.24, 2.45) is 0 Å². The summed E-state index contributed by atoms with van der Waals surface area (Å²) in [6.45, 7) is 1.41. The van der Waals surface area contributed by atoms with Gasteiger partial charge in [0.25, 0.3) is 15.7 Å². The van der Waals surface area contributed by atoms with Gasteiger partial charge in [-0.05, 0) is 24.3 Å². The Hall–Kier alpha value is -2.99. The Morgan fingerprint density at radius 3 is 2.53 bits per heavy atom. The number of sulfonamides is 1. The number of methoxy groups -OCH3 is 1. The van der Waals surface area contributed by atoms with Crippen LogP contribution in [0.15, 0.2) is 41.3 Å². The lowest BCUT2D eigenvalue weighted by Crippen LogP contribution is -2.33. The van der Waals surface area contributed by atoms with Crippen molar-refractivity contribution < 1.29 is 28.0 Å². The van der Waals surface area contributed by atoms with E-state index < -0.39 is 20.9 Å². The van der Waals surface area contributed by atoms with Gasteiger partial charge in [-0.2, -0.15) is 11.8 Å². The number of carboxylic acids is 1.